The molecule has 132 valence electrons. The SMILES string of the molecule is Cc1cc(C[C@H]2COCCN(C(=O)Cc3ccccc3F)C2)ncn1. The Hall–Kier alpha value is -2.34. The Kier molecular flexibility index (Phi) is 5.71. The van der Waals surface area contributed by atoms with Gasteiger partial charge in [0, 0.05) is 30.4 Å². The van der Waals surface area contributed by atoms with Gasteiger partial charge in [-0.05, 0) is 31.0 Å². The summed E-state index contributed by atoms with van der Waals surface area (Å²) in [6.07, 6.45) is 2.36. The summed E-state index contributed by atoms with van der Waals surface area (Å²) in [7, 11) is 0. The minimum Gasteiger partial charge on any atom is -0.379 e. The van der Waals surface area contributed by atoms with Crippen molar-refractivity contribution in [2.45, 2.75) is 19.8 Å². The van der Waals surface area contributed by atoms with E-state index >= 15 is 0 Å². The van der Waals surface area contributed by atoms with Gasteiger partial charge >= 0.3 is 0 Å². The van der Waals surface area contributed by atoms with Crippen molar-refractivity contribution in [1.82, 2.24) is 14.9 Å². The second-order valence-corrected chi connectivity index (χ2v) is 6.40. The van der Waals surface area contributed by atoms with Crippen LogP contribution in [-0.4, -0.2) is 47.1 Å². The monoisotopic (exact) mass is 343 g/mol. The van der Waals surface area contributed by atoms with Gasteiger partial charge in [-0.25, -0.2) is 14.4 Å². The number of carbonyl (C=O) groups is 1. The molecule has 1 aromatic heterocycles. The zero-order valence-electron chi connectivity index (χ0n) is 14.3. The van der Waals surface area contributed by atoms with Crippen molar-refractivity contribution in [2.24, 2.45) is 5.92 Å². The number of rotatable bonds is 4. The minimum atomic E-state index is -0.338. The molecule has 0 aliphatic carbocycles. The molecule has 0 N–H and O–H groups in total. The summed E-state index contributed by atoms with van der Waals surface area (Å²) < 4.78 is 19.4. The summed E-state index contributed by atoms with van der Waals surface area (Å²) in [5.41, 5.74) is 2.30. The van der Waals surface area contributed by atoms with Crippen molar-refractivity contribution in [2.75, 3.05) is 26.3 Å². The van der Waals surface area contributed by atoms with Crippen LogP contribution >= 0.6 is 0 Å². The summed E-state index contributed by atoms with van der Waals surface area (Å²) in [5, 5.41) is 0. The van der Waals surface area contributed by atoms with Crippen LogP contribution in [0.5, 0.6) is 0 Å². The summed E-state index contributed by atoms with van der Waals surface area (Å²) in [4.78, 5) is 22.8. The third-order valence-electron chi connectivity index (χ3n) is 4.35. The average molecular weight is 343 g/mol. The van der Waals surface area contributed by atoms with Crippen LogP contribution < -0.4 is 0 Å². The molecule has 0 radical (unpaired) electrons. The molecule has 6 heteroatoms. The highest BCUT2D eigenvalue weighted by atomic mass is 19.1. The highest BCUT2D eigenvalue weighted by molar-refractivity contribution is 5.78. The lowest BCUT2D eigenvalue weighted by atomic mass is 10.0. The maximum Gasteiger partial charge on any atom is 0.227 e. The molecule has 1 amide bonds. The molecule has 1 atom stereocenters. The van der Waals surface area contributed by atoms with Gasteiger partial charge in [-0.2, -0.15) is 0 Å². The number of benzene rings is 1. The van der Waals surface area contributed by atoms with Crippen LogP contribution in [0.1, 0.15) is 17.0 Å². The van der Waals surface area contributed by atoms with E-state index in [2.05, 4.69) is 9.97 Å². The van der Waals surface area contributed by atoms with E-state index in [9.17, 15) is 9.18 Å². The molecular formula is C19H22FN3O2. The number of aromatic nitrogens is 2. The molecular weight excluding hydrogens is 321 g/mol. The van der Waals surface area contributed by atoms with E-state index < -0.39 is 0 Å². The van der Waals surface area contributed by atoms with E-state index in [1.54, 1.807) is 29.4 Å². The van der Waals surface area contributed by atoms with E-state index in [4.69, 9.17) is 4.74 Å². The van der Waals surface area contributed by atoms with Gasteiger partial charge in [-0.15, -0.1) is 0 Å². The zero-order chi connectivity index (χ0) is 17.6. The van der Waals surface area contributed by atoms with Crippen molar-refractivity contribution >= 4 is 5.91 Å². The van der Waals surface area contributed by atoms with Crippen LogP contribution in [-0.2, 0) is 22.4 Å². The molecule has 0 saturated carbocycles. The summed E-state index contributed by atoms with van der Waals surface area (Å²) in [6, 6.07) is 8.37. The van der Waals surface area contributed by atoms with Crippen LogP contribution in [0.25, 0.3) is 0 Å². The zero-order valence-corrected chi connectivity index (χ0v) is 14.3. The molecule has 2 aromatic rings. The van der Waals surface area contributed by atoms with Crippen molar-refractivity contribution in [3.63, 3.8) is 0 Å². The number of amides is 1. The van der Waals surface area contributed by atoms with Gasteiger partial charge in [-0.3, -0.25) is 4.79 Å². The second kappa shape index (κ2) is 8.16. The Morgan fingerprint density at radius 2 is 2.20 bits per heavy atom. The van der Waals surface area contributed by atoms with Crippen molar-refractivity contribution in [3.05, 3.63) is 59.4 Å². The molecule has 1 saturated heterocycles. The third-order valence-corrected chi connectivity index (χ3v) is 4.35. The summed E-state index contributed by atoms with van der Waals surface area (Å²) in [6.45, 7) is 4.15. The topological polar surface area (TPSA) is 55.3 Å². The Bertz CT molecular complexity index is 738. The van der Waals surface area contributed by atoms with E-state index in [0.717, 1.165) is 17.8 Å². The fourth-order valence-electron chi connectivity index (χ4n) is 3.06. The maximum absolute atomic E-state index is 13.8. The minimum absolute atomic E-state index is 0.0699. The first-order valence-corrected chi connectivity index (χ1v) is 8.48. The van der Waals surface area contributed by atoms with Crippen LogP contribution in [0, 0.1) is 18.7 Å². The van der Waals surface area contributed by atoms with Gasteiger partial charge in [0.15, 0.2) is 0 Å². The highest BCUT2D eigenvalue weighted by Crippen LogP contribution is 2.15. The standard InChI is InChI=1S/C19H22FN3O2/c1-14-8-17(22-13-21-14)9-15-11-23(6-7-25-12-15)19(24)10-16-4-2-3-5-18(16)20/h2-5,8,13,15H,6-7,9-12H2,1H3/t15-/m1/s1. The molecule has 1 aromatic carbocycles. The molecule has 1 aliphatic rings. The normalized spacial score (nSPS) is 18.0. The largest absolute Gasteiger partial charge is 0.379 e. The fourth-order valence-corrected chi connectivity index (χ4v) is 3.06. The molecule has 3 rings (SSSR count). The van der Waals surface area contributed by atoms with E-state index in [0.29, 0.717) is 31.9 Å². The van der Waals surface area contributed by atoms with Crippen LogP contribution in [0.15, 0.2) is 36.7 Å². The molecule has 25 heavy (non-hydrogen) atoms. The number of aryl methyl sites for hydroxylation is 1. The second-order valence-electron chi connectivity index (χ2n) is 6.40. The Morgan fingerprint density at radius 3 is 3.00 bits per heavy atom. The lowest BCUT2D eigenvalue weighted by Gasteiger charge is -2.23. The van der Waals surface area contributed by atoms with Gasteiger partial charge in [0.05, 0.1) is 19.6 Å². The number of ether oxygens (including phenoxy) is 1. The van der Waals surface area contributed by atoms with Crippen molar-refractivity contribution in [3.8, 4) is 0 Å². The van der Waals surface area contributed by atoms with Crippen molar-refractivity contribution in [1.29, 1.82) is 0 Å². The fraction of sp³-hybridized carbons (Fsp3) is 0.421. The van der Waals surface area contributed by atoms with E-state index in [-0.39, 0.29) is 24.1 Å². The van der Waals surface area contributed by atoms with Gasteiger partial charge in [0.25, 0.3) is 0 Å². The number of hydrogen-bond acceptors (Lipinski definition) is 4. The molecule has 0 bridgehead atoms. The highest BCUT2D eigenvalue weighted by Gasteiger charge is 2.23. The predicted molar refractivity (Wildman–Crippen MR) is 91.5 cm³/mol. The average Bonchev–Trinajstić information content (AvgIpc) is 2.83. The number of halogens is 1. The lowest BCUT2D eigenvalue weighted by molar-refractivity contribution is -0.130. The molecule has 1 aliphatic heterocycles. The van der Waals surface area contributed by atoms with Crippen LogP contribution in [0.2, 0.25) is 0 Å². The quantitative estimate of drug-likeness (QED) is 0.854. The van der Waals surface area contributed by atoms with Gasteiger partial charge in [0.2, 0.25) is 5.91 Å². The smallest absolute Gasteiger partial charge is 0.227 e. The van der Waals surface area contributed by atoms with E-state index in [1.807, 2.05) is 13.0 Å². The van der Waals surface area contributed by atoms with Crippen LogP contribution in [0.4, 0.5) is 4.39 Å². The molecule has 1 fully saturated rings. The molecule has 5 nitrogen and oxygen atoms in total. The third kappa shape index (κ3) is 4.82. The van der Waals surface area contributed by atoms with Gasteiger partial charge < -0.3 is 9.64 Å². The maximum atomic E-state index is 13.8. The summed E-state index contributed by atoms with van der Waals surface area (Å²) >= 11 is 0. The number of hydrogen-bond donors (Lipinski definition) is 0. The molecule has 0 spiro atoms. The van der Waals surface area contributed by atoms with Gasteiger partial charge in [0.1, 0.15) is 12.1 Å². The lowest BCUT2D eigenvalue weighted by Crippen LogP contribution is -2.37. The first-order chi connectivity index (χ1) is 12.1. The molecule has 2 heterocycles. The first-order valence-electron chi connectivity index (χ1n) is 8.48. The Balaban J connectivity index is 1.65. The number of carbonyl (C=O) groups excluding carboxylic acids is 1. The first kappa shape index (κ1) is 17.5. The predicted octanol–water partition coefficient (Wildman–Crippen LogP) is 2.18. The Morgan fingerprint density at radius 1 is 1.36 bits per heavy atom. The van der Waals surface area contributed by atoms with E-state index in [1.165, 1.54) is 6.07 Å². The van der Waals surface area contributed by atoms with Crippen molar-refractivity contribution < 1.29 is 13.9 Å². The van der Waals surface area contributed by atoms with Crippen LogP contribution in [0.3, 0.4) is 0 Å². The van der Waals surface area contributed by atoms with Gasteiger partial charge in [-0.1, -0.05) is 18.2 Å². The molecule has 0 unspecified atom stereocenters. The Labute approximate surface area is 146 Å². The number of nitrogens with zero attached hydrogens (tertiary/aromatic N) is 3. The summed E-state index contributed by atoms with van der Waals surface area (Å²) in [5.74, 6) is -0.240.